The van der Waals surface area contributed by atoms with Crippen molar-refractivity contribution in [2.45, 2.75) is 19.4 Å². The van der Waals surface area contributed by atoms with Gasteiger partial charge in [-0.1, -0.05) is 15.9 Å². The quantitative estimate of drug-likeness (QED) is 0.805. The Morgan fingerprint density at radius 3 is 2.78 bits per heavy atom. The molecule has 0 spiro atoms. The molecule has 2 N–H and O–H groups in total. The highest BCUT2D eigenvalue weighted by molar-refractivity contribution is 9.10. The first-order valence-electron chi connectivity index (χ1n) is 6.99. The first-order chi connectivity index (χ1) is 10.8. The molecule has 2 atom stereocenters. The van der Waals surface area contributed by atoms with Crippen LogP contribution in [0.25, 0.3) is 0 Å². The minimum Gasteiger partial charge on any atom is -0.480 e. The lowest BCUT2D eigenvalue weighted by molar-refractivity contribution is -0.142. The van der Waals surface area contributed by atoms with Gasteiger partial charge in [-0.3, -0.25) is 9.59 Å². The summed E-state index contributed by atoms with van der Waals surface area (Å²) in [6, 6.07) is 3.82. The molecule has 2 amide bonds. The maximum atomic E-state index is 12.6. The Balaban J connectivity index is 2.08. The van der Waals surface area contributed by atoms with Gasteiger partial charge in [0.2, 0.25) is 11.8 Å². The number of rotatable bonds is 5. The molecule has 2 unspecified atom stereocenters. The van der Waals surface area contributed by atoms with E-state index < -0.39 is 30.5 Å². The van der Waals surface area contributed by atoms with Crippen molar-refractivity contribution in [3.63, 3.8) is 0 Å². The summed E-state index contributed by atoms with van der Waals surface area (Å²) in [5.41, 5.74) is 1.62. The van der Waals surface area contributed by atoms with Gasteiger partial charge < -0.3 is 15.3 Å². The molecule has 0 saturated carbocycles. The Kier molecular flexibility index (Phi) is 5.35. The number of amides is 2. The lowest BCUT2D eigenvalue weighted by Gasteiger charge is -2.18. The van der Waals surface area contributed by atoms with E-state index in [0.717, 1.165) is 10.0 Å². The Labute approximate surface area is 140 Å². The van der Waals surface area contributed by atoms with E-state index in [-0.39, 0.29) is 18.9 Å². The van der Waals surface area contributed by atoms with Gasteiger partial charge in [0, 0.05) is 23.1 Å². The van der Waals surface area contributed by atoms with Crippen molar-refractivity contribution < 1.29 is 23.9 Å². The molecule has 1 saturated heterocycles. The van der Waals surface area contributed by atoms with Crippen LogP contribution in [0.2, 0.25) is 0 Å². The second-order valence-electron chi connectivity index (χ2n) is 5.39. The number of carbonyl (C=O) groups is 3. The average Bonchev–Trinajstić information content (AvgIpc) is 2.89. The normalized spacial score (nSPS) is 18.8. The van der Waals surface area contributed by atoms with Crippen LogP contribution in [0.3, 0.4) is 0 Å². The van der Waals surface area contributed by atoms with E-state index in [1.807, 2.05) is 19.1 Å². The number of carbonyl (C=O) groups excluding carboxylic acids is 2. The van der Waals surface area contributed by atoms with Crippen LogP contribution in [0.15, 0.2) is 22.7 Å². The number of hydrogen-bond donors (Lipinski definition) is 2. The van der Waals surface area contributed by atoms with Crippen molar-refractivity contribution in [1.29, 1.82) is 0 Å². The Hall–Kier alpha value is -1.96. The van der Waals surface area contributed by atoms with Gasteiger partial charge in [0.1, 0.15) is 6.67 Å². The van der Waals surface area contributed by atoms with Crippen molar-refractivity contribution in [2.75, 3.05) is 18.1 Å². The number of carboxylic acids is 1. The summed E-state index contributed by atoms with van der Waals surface area (Å²) in [6.45, 7) is 0.832. The number of aryl methyl sites for hydroxylation is 1. The van der Waals surface area contributed by atoms with Crippen LogP contribution in [-0.2, 0) is 14.4 Å². The highest BCUT2D eigenvalue weighted by Crippen LogP contribution is 2.28. The van der Waals surface area contributed by atoms with Gasteiger partial charge in [-0.25, -0.2) is 9.18 Å². The van der Waals surface area contributed by atoms with Crippen molar-refractivity contribution in [3.8, 4) is 0 Å². The third kappa shape index (κ3) is 3.87. The van der Waals surface area contributed by atoms with E-state index in [0.29, 0.717) is 5.69 Å². The summed E-state index contributed by atoms with van der Waals surface area (Å²) in [4.78, 5) is 36.4. The Bertz CT molecular complexity index is 652. The number of aliphatic carboxylic acids is 1. The second kappa shape index (κ2) is 7.08. The Morgan fingerprint density at radius 2 is 2.22 bits per heavy atom. The lowest BCUT2D eigenvalue weighted by atomic mass is 10.1. The number of halogens is 2. The minimum absolute atomic E-state index is 0.0282. The van der Waals surface area contributed by atoms with E-state index in [4.69, 9.17) is 5.11 Å². The molecule has 1 heterocycles. The molecule has 1 aromatic rings. The fraction of sp³-hybridized carbons (Fsp3) is 0.400. The number of benzene rings is 1. The third-order valence-corrected chi connectivity index (χ3v) is 4.61. The topological polar surface area (TPSA) is 86.7 Å². The summed E-state index contributed by atoms with van der Waals surface area (Å²) in [5.74, 6) is -2.98. The van der Waals surface area contributed by atoms with Gasteiger partial charge in [-0.05, 0) is 30.7 Å². The molecule has 23 heavy (non-hydrogen) atoms. The van der Waals surface area contributed by atoms with E-state index in [2.05, 4.69) is 21.2 Å². The Morgan fingerprint density at radius 1 is 1.52 bits per heavy atom. The second-order valence-corrected chi connectivity index (χ2v) is 6.25. The number of anilines is 1. The van der Waals surface area contributed by atoms with Crippen LogP contribution >= 0.6 is 15.9 Å². The zero-order valence-corrected chi connectivity index (χ0v) is 14.0. The van der Waals surface area contributed by atoms with Crippen LogP contribution in [0.4, 0.5) is 10.1 Å². The van der Waals surface area contributed by atoms with Gasteiger partial charge >= 0.3 is 5.97 Å². The summed E-state index contributed by atoms with van der Waals surface area (Å²) in [6.07, 6.45) is -0.0282. The molecule has 1 aliphatic rings. The molecule has 1 aliphatic heterocycles. The monoisotopic (exact) mass is 386 g/mol. The zero-order valence-electron chi connectivity index (χ0n) is 12.4. The largest absolute Gasteiger partial charge is 0.480 e. The fourth-order valence-electron chi connectivity index (χ4n) is 2.39. The van der Waals surface area contributed by atoms with Crippen molar-refractivity contribution in [2.24, 2.45) is 5.92 Å². The molecular formula is C15H16BrFN2O4. The van der Waals surface area contributed by atoms with Crippen molar-refractivity contribution in [3.05, 3.63) is 28.2 Å². The molecule has 0 radical (unpaired) electrons. The van der Waals surface area contributed by atoms with Gasteiger partial charge in [0.05, 0.1) is 5.92 Å². The molecule has 0 bridgehead atoms. The highest BCUT2D eigenvalue weighted by atomic mass is 79.9. The molecule has 1 aromatic carbocycles. The smallest absolute Gasteiger partial charge is 0.328 e. The van der Waals surface area contributed by atoms with Crippen molar-refractivity contribution >= 4 is 39.4 Å². The molecule has 2 rings (SSSR count). The van der Waals surface area contributed by atoms with Crippen LogP contribution in [0.1, 0.15) is 12.0 Å². The minimum atomic E-state index is -1.58. The zero-order chi connectivity index (χ0) is 17.1. The maximum absolute atomic E-state index is 12.6. The van der Waals surface area contributed by atoms with E-state index in [1.165, 1.54) is 4.90 Å². The van der Waals surface area contributed by atoms with Gasteiger partial charge in [-0.2, -0.15) is 0 Å². The van der Waals surface area contributed by atoms with E-state index in [1.54, 1.807) is 6.07 Å². The number of nitrogens with zero attached hydrogens (tertiary/aromatic N) is 1. The highest BCUT2D eigenvalue weighted by Gasteiger charge is 2.36. The fourth-order valence-corrected chi connectivity index (χ4v) is 2.63. The van der Waals surface area contributed by atoms with Gasteiger partial charge in [0.15, 0.2) is 6.04 Å². The predicted octanol–water partition coefficient (Wildman–Crippen LogP) is 1.65. The molecular weight excluding hydrogens is 371 g/mol. The molecule has 8 heteroatoms. The number of hydrogen-bond acceptors (Lipinski definition) is 3. The van der Waals surface area contributed by atoms with Gasteiger partial charge in [-0.15, -0.1) is 0 Å². The van der Waals surface area contributed by atoms with Crippen molar-refractivity contribution in [1.82, 2.24) is 5.32 Å². The predicted molar refractivity (Wildman–Crippen MR) is 84.9 cm³/mol. The molecule has 6 nitrogen and oxygen atoms in total. The summed E-state index contributed by atoms with van der Waals surface area (Å²) >= 11 is 3.38. The summed E-state index contributed by atoms with van der Waals surface area (Å²) in [5, 5.41) is 10.9. The van der Waals surface area contributed by atoms with E-state index >= 15 is 0 Å². The number of alkyl halides is 1. The first-order valence-corrected chi connectivity index (χ1v) is 7.78. The van der Waals surface area contributed by atoms with Crippen LogP contribution in [0.5, 0.6) is 0 Å². The molecule has 124 valence electrons. The van der Waals surface area contributed by atoms with Crippen LogP contribution in [-0.4, -0.2) is 42.2 Å². The first kappa shape index (κ1) is 17.4. The molecule has 0 aromatic heterocycles. The standard InChI is InChI=1S/C15H16BrFN2O4/c1-8-4-10(2-3-11(8)16)19-7-9(5-13(19)20)14(21)18-12(6-17)15(22)23/h2-4,9,12H,5-7H2,1H3,(H,18,21)(H,22,23). The maximum Gasteiger partial charge on any atom is 0.328 e. The average molecular weight is 387 g/mol. The molecule has 1 fully saturated rings. The number of carboxylic acid groups (broad SMARTS) is 1. The van der Waals surface area contributed by atoms with Crippen LogP contribution in [0, 0.1) is 12.8 Å². The third-order valence-electron chi connectivity index (χ3n) is 3.72. The van der Waals surface area contributed by atoms with Gasteiger partial charge in [0.25, 0.3) is 0 Å². The van der Waals surface area contributed by atoms with Crippen LogP contribution < -0.4 is 10.2 Å². The summed E-state index contributed by atoms with van der Waals surface area (Å²) in [7, 11) is 0. The number of nitrogens with one attached hydrogen (secondary N) is 1. The van der Waals surface area contributed by atoms with E-state index in [9.17, 15) is 18.8 Å². The summed E-state index contributed by atoms with van der Waals surface area (Å²) < 4.78 is 13.5. The molecule has 0 aliphatic carbocycles. The lowest BCUT2D eigenvalue weighted by Crippen LogP contribution is -2.45. The SMILES string of the molecule is Cc1cc(N2CC(C(=O)NC(CF)C(=O)O)CC2=O)ccc1Br.